The van der Waals surface area contributed by atoms with Crippen LogP contribution in [0.25, 0.3) is 186 Å². The smallest absolute Gasteiger partial charge is 0.136 e. The maximum atomic E-state index is 7.21. The van der Waals surface area contributed by atoms with Gasteiger partial charge in [-0.2, -0.15) is 0 Å². The summed E-state index contributed by atoms with van der Waals surface area (Å²) in [4.78, 5) is 5.14. The molecular weight excluding hydrogens is 1530 g/mol. The topological polar surface area (TPSA) is 32.8 Å². The van der Waals surface area contributed by atoms with Crippen LogP contribution in [-0.2, 0) is 10.8 Å². The van der Waals surface area contributed by atoms with Crippen LogP contribution in [-0.4, -0.2) is 0 Å². The third-order valence-electron chi connectivity index (χ3n) is 28.6. The van der Waals surface area contributed by atoms with Gasteiger partial charge < -0.3 is 18.6 Å². The molecule has 1 atom stereocenters. The van der Waals surface area contributed by atoms with Crippen LogP contribution in [0.2, 0.25) is 0 Å². The van der Waals surface area contributed by atoms with Crippen LogP contribution in [0.15, 0.2) is 446 Å². The lowest BCUT2D eigenvalue weighted by atomic mass is 9.69. The van der Waals surface area contributed by atoms with Crippen molar-refractivity contribution in [2.24, 2.45) is 0 Å². The summed E-state index contributed by atoms with van der Waals surface area (Å²) in [5, 5.41) is 19.1. The summed E-state index contributed by atoms with van der Waals surface area (Å²) in [6.07, 6.45) is 0. The fraction of sp³-hybridized carbons (Fsp3) is 0.0164. The highest BCUT2D eigenvalue weighted by atomic mass is 16.3. The van der Waals surface area contributed by atoms with Gasteiger partial charge in [0.05, 0.1) is 22.2 Å². The molecule has 0 aliphatic heterocycles. The second-order valence-corrected chi connectivity index (χ2v) is 34.6. The molecule has 0 fully saturated rings. The first kappa shape index (κ1) is 69.3. The zero-order valence-electron chi connectivity index (χ0n) is 68.3. The Hall–Kier alpha value is -16.4. The highest BCUT2D eigenvalue weighted by Gasteiger charge is 2.55. The molecule has 4 nitrogen and oxygen atoms in total. The fourth-order valence-electron chi connectivity index (χ4n) is 23.7. The minimum atomic E-state index is -0.763. The Bertz CT molecular complexity index is 8770. The van der Waals surface area contributed by atoms with Crippen LogP contribution in [0, 0.1) is 0 Å². The third kappa shape index (κ3) is 9.35. The van der Waals surface area contributed by atoms with Crippen molar-refractivity contribution in [2.45, 2.75) is 10.8 Å². The fourth-order valence-corrected chi connectivity index (χ4v) is 23.7. The van der Waals surface area contributed by atoms with E-state index < -0.39 is 10.8 Å². The van der Waals surface area contributed by atoms with Crippen molar-refractivity contribution >= 4 is 143 Å². The lowest BCUT2D eigenvalue weighted by Crippen LogP contribution is -2.28. The second-order valence-electron chi connectivity index (χ2n) is 34.6. The highest BCUT2D eigenvalue weighted by molar-refractivity contribution is 6.28. The first-order valence-corrected chi connectivity index (χ1v) is 43.8. The maximum Gasteiger partial charge on any atom is 0.136 e. The van der Waals surface area contributed by atoms with E-state index in [2.05, 4.69) is 447 Å². The van der Waals surface area contributed by atoms with Gasteiger partial charge in [-0.1, -0.05) is 340 Å². The first-order chi connectivity index (χ1) is 62.5. The number of fused-ring (bicyclic) bond motifs is 38. The summed E-state index contributed by atoms with van der Waals surface area (Å²) in [5.41, 5.74) is 35.1. The van der Waals surface area contributed by atoms with Crippen molar-refractivity contribution in [3.8, 4) is 77.9 Å². The van der Waals surface area contributed by atoms with Gasteiger partial charge in [0.1, 0.15) is 22.3 Å². The minimum absolute atomic E-state index is 0.642. The van der Waals surface area contributed by atoms with E-state index in [1.54, 1.807) is 0 Å². The van der Waals surface area contributed by atoms with Crippen LogP contribution in [0.3, 0.4) is 0 Å². The predicted octanol–water partition coefficient (Wildman–Crippen LogP) is 33.0. The predicted molar refractivity (Wildman–Crippen MR) is 524 cm³/mol. The molecule has 126 heavy (non-hydrogen) atoms. The standard InChI is InChI=1S/C122H72N2O2/c1-3-33-86-82(29-1)84-31-5-7-35-88(84)102-71-79(62-64-90(86)102)123(77-60-57-73(58-61-77)81-44-26-56-115-117(81)99-42-14-21-54-113(99)125-115)111-52-24-45-97-95-40-12-19-50-108(95)122(119(97)111)109-51-20-13-41-96(109)104-68-74(59-66-110(104)122)76-69-101(118-100-43-15-22-55-114(100)126-116(118)70-76)75-27-23-28-78(67-75)124(80-63-65-91-87-34-4-2-30-83(87)85-32-6-8-36-89(85)103(91)72-80)112-53-25-46-98-94-39-11-18-49-107(94)121(120(98)112)105-47-16-9-37-92(105)93-38-10-17-48-106(93)121/h1-72H. The molecule has 582 valence electrons. The Kier molecular flexibility index (Phi) is 14.3. The Balaban J connectivity index is 0.645. The molecular formula is C122H72N2O2. The average Bonchev–Trinajstić information content (AvgIpc) is 1.50. The molecule has 0 saturated carbocycles. The lowest BCUT2D eigenvalue weighted by molar-refractivity contribution is 0.668. The average molecular weight is 1600 g/mol. The van der Waals surface area contributed by atoms with Crippen LogP contribution in [0.4, 0.5) is 34.1 Å². The lowest BCUT2D eigenvalue weighted by Gasteiger charge is -2.36. The van der Waals surface area contributed by atoms with Crippen LogP contribution in [0.5, 0.6) is 0 Å². The Morgan fingerprint density at radius 1 is 0.159 bits per heavy atom. The Labute approximate surface area is 726 Å². The van der Waals surface area contributed by atoms with Gasteiger partial charge in [-0.3, -0.25) is 0 Å². The minimum Gasteiger partial charge on any atom is -0.456 e. The molecule has 4 aliphatic rings. The van der Waals surface area contributed by atoms with E-state index in [0.29, 0.717) is 0 Å². The van der Waals surface area contributed by atoms with Crippen molar-refractivity contribution in [3.05, 3.63) is 481 Å². The van der Waals surface area contributed by atoms with Crippen molar-refractivity contribution in [1.29, 1.82) is 0 Å². The number of hydrogen-bond donors (Lipinski definition) is 0. The number of para-hydroxylation sites is 2. The molecule has 0 radical (unpaired) electrons. The molecule has 2 spiro atoms. The van der Waals surface area contributed by atoms with Crippen LogP contribution in [0.1, 0.15) is 44.5 Å². The summed E-state index contributed by atoms with van der Waals surface area (Å²) in [6, 6.07) is 164. The molecule has 1 unspecified atom stereocenters. The normalized spacial score (nSPS) is 14.1. The molecule has 2 aromatic heterocycles. The number of rotatable bonds is 9. The quantitative estimate of drug-likeness (QED) is 0.135. The molecule has 0 N–H and O–H groups in total. The van der Waals surface area contributed by atoms with Crippen molar-refractivity contribution in [2.75, 3.05) is 9.80 Å². The highest BCUT2D eigenvalue weighted by Crippen LogP contribution is 2.68. The van der Waals surface area contributed by atoms with Crippen LogP contribution < -0.4 is 9.80 Å². The van der Waals surface area contributed by atoms with Gasteiger partial charge in [-0.15, -0.1) is 0 Å². The number of nitrogens with zero attached hydrogens (tertiary/aromatic N) is 2. The molecule has 4 aliphatic carbocycles. The molecule has 28 rings (SSSR count). The van der Waals surface area contributed by atoms with E-state index in [1.807, 2.05) is 0 Å². The molecule has 22 aromatic carbocycles. The van der Waals surface area contributed by atoms with E-state index in [4.69, 9.17) is 8.83 Å². The van der Waals surface area contributed by atoms with E-state index in [1.165, 1.54) is 154 Å². The summed E-state index contributed by atoms with van der Waals surface area (Å²) in [5.74, 6) is 0. The van der Waals surface area contributed by atoms with Gasteiger partial charge in [-0.25, -0.2) is 0 Å². The van der Waals surface area contributed by atoms with Gasteiger partial charge in [0, 0.05) is 55.4 Å². The zero-order chi connectivity index (χ0) is 82.2. The maximum absolute atomic E-state index is 7.21. The Morgan fingerprint density at radius 2 is 0.484 bits per heavy atom. The number of hydrogen-bond acceptors (Lipinski definition) is 4. The summed E-state index contributed by atoms with van der Waals surface area (Å²) < 4.78 is 13.7. The zero-order valence-corrected chi connectivity index (χ0v) is 68.3. The largest absolute Gasteiger partial charge is 0.456 e. The van der Waals surface area contributed by atoms with Crippen molar-refractivity contribution in [3.63, 3.8) is 0 Å². The van der Waals surface area contributed by atoms with E-state index in [0.717, 1.165) is 111 Å². The van der Waals surface area contributed by atoms with Gasteiger partial charge in [-0.05, 0) is 273 Å². The van der Waals surface area contributed by atoms with Gasteiger partial charge in [0.2, 0.25) is 0 Å². The third-order valence-corrected chi connectivity index (χ3v) is 28.6. The Morgan fingerprint density at radius 3 is 0.976 bits per heavy atom. The first-order valence-electron chi connectivity index (χ1n) is 43.8. The molecule has 0 amide bonds. The molecule has 24 aromatic rings. The van der Waals surface area contributed by atoms with Gasteiger partial charge in [0.15, 0.2) is 0 Å². The van der Waals surface area contributed by atoms with Gasteiger partial charge in [0.25, 0.3) is 0 Å². The number of furan rings is 2. The van der Waals surface area contributed by atoms with Crippen molar-refractivity contribution < 1.29 is 8.83 Å². The van der Waals surface area contributed by atoms with E-state index in [-0.39, 0.29) is 0 Å². The summed E-state index contributed by atoms with van der Waals surface area (Å²) >= 11 is 0. The summed E-state index contributed by atoms with van der Waals surface area (Å²) in [7, 11) is 0. The van der Waals surface area contributed by atoms with Crippen LogP contribution >= 0.6 is 0 Å². The monoisotopic (exact) mass is 1600 g/mol. The molecule has 0 bridgehead atoms. The second kappa shape index (κ2) is 26.1. The number of anilines is 6. The number of benzene rings is 22. The SMILES string of the molecule is c1cc(-c2cc(-c3ccc4c(c3)-c3ccccc3C43c4ccccc4-c4cccc(N(c5ccc(-c6cccc7oc8ccccc8c67)cc5)c5ccc6c7ccccc7c7ccccc7c6c5)c43)cc3oc4ccccc4c23)cc(N(c2ccc3c4ccccc4c4ccccc4c3c2)c2cccc3c2C2(c4ccccc4-c4ccccc42)c2ccccc2-3)c1. The van der Waals surface area contributed by atoms with Gasteiger partial charge >= 0.3 is 0 Å². The molecule has 2 heterocycles. The molecule has 0 saturated heterocycles. The van der Waals surface area contributed by atoms with E-state index >= 15 is 0 Å². The van der Waals surface area contributed by atoms with Crippen molar-refractivity contribution in [1.82, 2.24) is 0 Å². The van der Waals surface area contributed by atoms with E-state index in [9.17, 15) is 0 Å². The molecule has 4 heteroatoms. The summed E-state index contributed by atoms with van der Waals surface area (Å²) in [6.45, 7) is 0.